The maximum atomic E-state index is 12.0. The van der Waals surface area contributed by atoms with Gasteiger partial charge in [-0.2, -0.15) is 11.8 Å². The van der Waals surface area contributed by atoms with Crippen LogP contribution >= 0.6 is 11.8 Å². The molecule has 1 amide bonds. The third kappa shape index (κ3) is 4.38. The van der Waals surface area contributed by atoms with Gasteiger partial charge in [-0.25, -0.2) is 0 Å². The quantitative estimate of drug-likeness (QED) is 0.874. The van der Waals surface area contributed by atoms with E-state index >= 15 is 0 Å². The van der Waals surface area contributed by atoms with Crippen molar-refractivity contribution in [2.24, 2.45) is 0 Å². The molecular weight excluding hydrogens is 284 g/mol. The largest absolute Gasteiger partial charge is 0.497 e. The van der Waals surface area contributed by atoms with E-state index in [4.69, 9.17) is 4.74 Å². The number of benzene rings is 1. The molecule has 1 aliphatic heterocycles. The Balaban J connectivity index is 1.82. The Bertz CT molecular complexity index is 464. The molecule has 116 valence electrons. The van der Waals surface area contributed by atoms with Crippen LogP contribution in [-0.2, 0) is 10.5 Å². The van der Waals surface area contributed by atoms with Crippen LogP contribution in [0.3, 0.4) is 0 Å². The SMILES string of the molecule is CCNC(=O)C1CC(SCc2ccc(OC)cc2)CN1C. The number of rotatable bonds is 6. The molecule has 21 heavy (non-hydrogen) atoms. The summed E-state index contributed by atoms with van der Waals surface area (Å²) in [5.41, 5.74) is 1.30. The molecule has 0 aliphatic carbocycles. The number of likely N-dealkylation sites (tertiary alicyclic amines) is 1. The van der Waals surface area contributed by atoms with Gasteiger partial charge in [0.1, 0.15) is 5.75 Å². The first kappa shape index (κ1) is 16.2. The van der Waals surface area contributed by atoms with Gasteiger partial charge in [-0.05, 0) is 38.1 Å². The molecule has 2 rings (SSSR count). The molecule has 1 aromatic rings. The van der Waals surface area contributed by atoms with Gasteiger partial charge in [0.15, 0.2) is 0 Å². The van der Waals surface area contributed by atoms with Crippen molar-refractivity contribution in [3.05, 3.63) is 29.8 Å². The lowest BCUT2D eigenvalue weighted by Gasteiger charge is -2.17. The second-order valence-electron chi connectivity index (χ2n) is 5.37. The minimum Gasteiger partial charge on any atom is -0.497 e. The van der Waals surface area contributed by atoms with E-state index in [2.05, 4.69) is 22.3 Å². The lowest BCUT2D eigenvalue weighted by Crippen LogP contribution is -2.41. The summed E-state index contributed by atoms with van der Waals surface area (Å²) in [6.45, 7) is 3.64. The third-order valence-corrected chi connectivity index (χ3v) is 5.12. The number of amides is 1. The van der Waals surface area contributed by atoms with Crippen molar-refractivity contribution < 1.29 is 9.53 Å². The van der Waals surface area contributed by atoms with Crippen molar-refractivity contribution >= 4 is 17.7 Å². The topological polar surface area (TPSA) is 41.6 Å². The molecule has 0 aromatic heterocycles. The number of nitrogens with zero attached hydrogens (tertiary/aromatic N) is 1. The number of nitrogens with one attached hydrogen (secondary N) is 1. The van der Waals surface area contributed by atoms with Crippen LogP contribution in [0.5, 0.6) is 5.75 Å². The Morgan fingerprint density at radius 2 is 2.14 bits per heavy atom. The van der Waals surface area contributed by atoms with E-state index in [0.717, 1.165) is 24.5 Å². The number of hydrogen-bond acceptors (Lipinski definition) is 4. The normalized spacial score (nSPS) is 22.2. The van der Waals surface area contributed by atoms with Crippen molar-refractivity contribution in [2.45, 2.75) is 30.4 Å². The van der Waals surface area contributed by atoms with Gasteiger partial charge >= 0.3 is 0 Å². The molecule has 5 heteroatoms. The highest BCUT2D eigenvalue weighted by molar-refractivity contribution is 7.99. The third-order valence-electron chi connectivity index (χ3n) is 3.81. The van der Waals surface area contributed by atoms with Gasteiger partial charge in [0.2, 0.25) is 5.91 Å². The van der Waals surface area contributed by atoms with Crippen LogP contribution in [0.2, 0.25) is 0 Å². The van der Waals surface area contributed by atoms with E-state index in [1.807, 2.05) is 37.9 Å². The molecular formula is C16H24N2O2S. The second-order valence-corrected chi connectivity index (χ2v) is 6.66. The van der Waals surface area contributed by atoms with E-state index in [9.17, 15) is 4.79 Å². The highest BCUT2D eigenvalue weighted by Crippen LogP contribution is 2.29. The molecule has 4 nitrogen and oxygen atoms in total. The number of likely N-dealkylation sites (N-methyl/N-ethyl adjacent to an activating group) is 2. The van der Waals surface area contributed by atoms with Gasteiger partial charge < -0.3 is 10.1 Å². The Morgan fingerprint density at radius 3 is 2.76 bits per heavy atom. The summed E-state index contributed by atoms with van der Waals surface area (Å²) in [5.74, 6) is 2.03. The molecule has 1 N–H and O–H groups in total. The van der Waals surface area contributed by atoms with Crippen LogP contribution in [0.4, 0.5) is 0 Å². The minimum absolute atomic E-state index is 0.0262. The maximum absolute atomic E-state index is 12.0. The molecule has 0 saturated carbocycles. The van der Waals surface area contributed by atoms with Crippen molar-refractivity contribution in [3.8, 4) is 5.75 Å². The molecule has 2 unspecified atom stereocenters. The monoisotopic (exact) mass is 308 g/mol. The first-order valence-electron chi connectivity index (χ1n) is 7.36. The Labute approximate surface area is 131 Å². The van der Waals surface area contributed by atoms with Crippen LogP contribution in [-0.4, -0.2) is 49.3 Å². The van der Waals surface area contributed by atoms with Crippen molar-refractivity contribution in [1.82, 2.24) is 10.2 Å². The standard InChI is InChI=1S/C16H24N2O2S/c1-4-17-16(19)15-9-14(10-18(15)2)21-11-12-5-7-13(20-3)8-6-12/h5-8,14-15H,4,9-11H2,1-3H3,(H,17,19). The lowest BCUT2D eigenvalue weighted by atomic mass is 10.2. The number of hydrogen-bond donors (Lipinski definition) is 1. The van der Waals surface area contributed by atoms with E-state index in [1.54, 1.807) is 7.11 Å². The minimum atomic E-state index is 0.0262. The first-order valence-corrected chi connectivity index (χ1v) is 8.41. The number of carbonyl (C=O) groups is 1. The van der Waals surface area contributed by atoms with Crippen molar-refractivity contribution in [3.63, 3.8) is 0 Å². The zero-order valence-electron chi connectivity index (χ0n) is 13.0. The van der Waals surface area contributed by atoms with Crippen LogP contribution in [0.25, 0.3) is 0 Å². The molecule has 1 heterocycles. The molecule has 1 aliphatic rings. The number of ether oxygens (including phenoxy) is 1. The zero-order valence-corrected chi connectivity index (χ0v) is 13.8. The lowest BCUT2D eigenvalue weighted by molar-refractivity contribution is -0.124. The predicted octanol–water partition coefficient (Wildman–Crippen LogP) is 2.14. The van der Waals surface area contributed by atoms with Crippen LogP contribution in [0.15, 0.2) is 24.3 Å². The van der Waals surface area contributed by atoms with Gasteiger partial charge in [-0.15, -0.1) is 0 Å². The Kier molecular flexibility index (Phi) is 5.94. The maximum Gasteiger partial charge on any atom is 0.237 e. The smallest absolute Gasteiger partial charge is 0.237 e. The molecule has 1 saturated heterocycles. The number of carbonyl (C=O) groups excluding carboxylic acids is 1. The van der Waals surface area contributed by atoms with Crippen LogP contribution in [0, 0.1) is 0 Å². The van der Waals surface area contributed by atoms with E-state index in [-0.39, 0.29) is 11.9 Å². The van der Waals surface area contributed by atoms with Crippen molar-refractivity contribution in [1.29, 1.82) is 0 Å². The highest BCUT2D eigenvalue weighted by atomic mass is 32.2. The average Bonchev–Trinajstić information content (AvgIpc) is 2.87. The van der Waals surface area contributed by atoms with Gasteiger partial charge in [-0.1, -0.05) is 12.1 Å². The first-order chi connectivity index (χ1) is 10.1. The van der Waals surface area contributed by atoms with Crippen LogP contribution in [0.1, 0.15) is 18.9 Å². The van der Waals surface area contributed by atoms with Crippen molar-refractivity contribution in [2.75, 3.05) is 27.2 Å². The summed E-state index contributed by atoms with van der Waals surface area (Å²) in [7, 11) is 3.72. The summed E-state index contributed by atoms with van der Waals surface area (Å²) in [4.78, 5) is 14.1. The van der Waals surface area contributed by atoms with Gasteiger partial charge in [0.05, 0.1) is 13.2 Å². The van der Waals surface area contributed by atoms with Gasteiger partial charge in [0, 0.05) is 24.1 Å². The summed E-state index contributed by atoms with van der Waals surface area (Å²) >= 11 is 1.93. The second kappa shape index (κ2) is 7.71. The molecule has 0 radical (unpaired) electrons. The molecule has 0 bridgehead atoms. The Hall–Kier alpha value is -1.20. The molecule has 1 aromatic carbocycles. The highest BCUT2D eigenvalue weighted by Gasteiger charge is 2.34. The number of thioether (sulfide) groups is 1. The predicted molar refractivity (Wildman–Crippen MR) is 87.8 cm³/mol. The summed E-state index contributed by atoms with van der Waals surface area (Å²) in [5, 5.41) is 3.44. The van der Waals surface area contributed by atoms with E-state index in [0.29, 0.717) is 11.8 Å². The summed E-state index contributed by atoms with van der Waals surface area (Å²) in [6.07, 6.45) is 0.934. The summed E-state index contributed by atoms with van der Waals surface area (Å²) < 4.78 is 5.17. The average molecular weight is 308 g/mol. The van der Waals surface area contributed by atoms with E-state index < -0.39 is 0 Å². The van der Waals surface area contributed by atoms with Crippen LogP contribution < -0.4 is 10.1 Å². The van der Waals surface area contributed by atoms with E-state index in [1.165, 1.54) is 5.56 Å². The summed E-state index contributed by atoms with van der Waals surface area (Å²) in [6, 6.07) is 8.22. The zero-order chi connectivity index (χ0) is 15.2. The molecule has 0 spiro atoms. The fourth-order valence-electron chi connectivity index (χ4n) is 2.61. The number of methoxy groups -OCH3 is 1. The Morgan fingerprint density at radius 1 is 1.43 bits per heavy atom. The molecule has 1 fully saturated rings. The van der Waals surface area contributed by atoms with Gasteiger partial charge in [-0.3, -0.25) is 9.69 Å². The van der Waals surface area contributed by atoms with Gasteiger partial charge in [0.25, 0.3) is 0 Å². The fourth-order valence-corrected chi connectivity index (χ4v) is 3.89. The fraction of sp³-hybridized carbons (Fsp3) is 0.562. The molecule has 2 atom stereocenters.